The van der Waals surface area contributed by atoms with Gasteiger partial charge >= 0.3 is 18.2 Å². The molecule has 0 aromatic heterocycles. The lowest BCUT2D eigenvalue weighted by molar-refractivity contribution is -0.139. The molecule has 20 heavy (non-hydrogen) atoms. The molecular weight excluding hydrogens is 284 g/mol. The second-order valence-corrected chi connectivity index (χ2v) is 3.85. The fraction of sp³-hybridized carbons (Fsp3) is 0.273. The van der Waals surface area contributed by atoms with E-state index in [4.69, 9.17) is 5.11 Å². The Labute approximate surface area is 110 Å². The Hall–Kier alpha value is -2.32. The molecular formula is C11H10F4N2O3. The lowest BCUT2D eigenvalue weighted by atomic mass is 10.2. The van der Waals surface area contributed by atoms with Gasteiger partial charge in [0, 0.05) is 0 Å². The number of carbonyl (C=O) groups excluding carboxylic acids is 1. The van der Waals surface area contributed by atoms with Crippen LogP contribution in [0.2, 0.25) is 0 Å². The minimum atomic E-state index is -4.69. The summed E-state index contributed by atoms with van der Waals surface area (Å²) in [5.74, 6) is -2.42. The average Bonchev–Trinajstić information content (AvgIpc) is 2.30. The molecule has 0 aliphatic rings. The highest BCUT2D eigenvalue weighted by atomic mass is 19.4. The van der Waals surface area contributed by atoms with E-state index in [0.29, 0.717) is 18.2 Å². The van der Waals surface area contributed by atoms with E-state index in [9.17, 15) is 27.2 Å². The van der Waals surface area contributed by atoms with Gasteiger partial charge in [0.2, 0.25) is 0 Å². The van der Waals surface area contributed by atoms with E-state index in [-0.39, 0.29) is 0 Å². The quantitative estimate of drug-likeness (QED) is 0.749. The summed E-state index contributed by atoms with van der Waals surface area (Å²) >= 11 is 0. The maximum absolute atomic E-state index is 13.3. The first-order valence-corrected chi connectivity index (χ1v) is 5.28. The Morgan fingerprint density at radius 1 is 1.30 bits per heavy atom. The molecule has 0 bridgehead atoms. The number of anilines is 1. The van der Waals surface area contributed by atoms with Crippen molar-refractivity contribution >= 4 is 17.7 Å². The molecule has 0 radical (unpaired) electrons. The summed E-state index contributed by atoms with van der Waals surface area (Å²) < 4.78 is 50.6. The Balaban J connectivity index is 2.87. The SMILES string of the molecule is C[C@@H](NC(=O)Nc1cc(C(F)(F)F)ccc1F)C(=O)O. The number of hydrogen-bond acceptors (Lipinski definition) is 2. The largest absolute Gasteiger partial charge is 0.480 e. The molecule has 3 N–H and O–H groups in total. The first kappa shape index (κ1) is 15.7. The van der Waals surface area contributed by atoms with Gasteiger partial charge in [0.05, 0.1) is 11.3 Å². The number of carboxylic acid groups (broad SMARTS) is 1. The van der Waals surface area contributed by atoms with Crippen molar-refractivity contribution in [3.8, 4) is 0 Å². The summed E-state index contributed by atoms with van der Waals surface area (Å²) in [6.45, 7) is 1.14. The Bertz CT molecular complexity index is 531. The summed E-state index contributed by atoms with van der Waals surface area (Å²) in [5.41, 5.74) is -1.84. The van der Waals surface area contributed by atoms with Crippen molar-refractivity contribution in [2.45, 2.75) is 19.1 Å². The first-order valence-electron chi connectivity index (χ1n) is 5.28. The lowest BCUT2D eigenvalue weighted by Crippen LogP contribution is -2.41. The Morgan fingerprint density at radius 3 is 2.40 bits per heavy atom. The van der Waals surface area contributed by atoms with Crippen LogP contribution in [0.1, 0.15) is 12.5 Å². The number of benzene rings is 1. The molecule has 0 aliphatic carbocycles. The predicted molar refractivity (Wildman–Crippen MR) is 60.7 cm³/mol. The zero-order valence-corrected chi connectivity index (χ0v) is 10.1. The van der Waals surface area contributed by atoms with E-state index in [1.54, 1.807) is 0 Å². The van der Waals surface area contributed by atoms with E-state index in [1.807, 2.05) is 10.6 Å². The van der Waals surface area contributed by atoms with Crippen LogP contribution in [-0.2, 0) is 11.0 Å². The number of alkyl halides is 3. The van der Waals surface area contributed by atoms with Gasteiger partial charge in [-0.05, 0) is 25.1 Å². The van der Waals surface area contributed by atoms with Crippen molar-refractivity contribution in [3.05, 3.63) is 29.6 Å². The zero-order valence-electron chi connectivity index (χ0n) is 10.1. The van der Waals surface area contributed by atoms with Gasteiger partial charge in [-0.2, -0.15) is 13.2 Å². The second kappa shape index (κ2) is 5.76. The highest BCUT2D eigenvalue weighted by Crippen LogP contribution is 2.31. The van der Waals surface area contributed by atoms with Gasteiger partial charge in [-0.15, -0.1) is 0 Å². The molecule has 0 saturated heterocycles. The maximum Gasteiger partial charge on any atom is 0.416 e. The van der Waals surface area contributed by atoms with E-state index < -0.39 is 41.3 Å². The van der Waals surface area contributed by atoms with Crippen LogP contribution < -0.4 is 10.6 Å². The molecule has 1 aromatic carbocycles. The Kier molecular flexibility index (Phi) is 4.53. The van der Waals surface area contributed by atoms with Crippen molar-refractivity contribution in [1.29, 1.82) is 0 Å². The number of carboxylic acids is 1. The highest BCUT2D eigenvalue weighted by molar-refractivity contribution is 5.92. The first-order chi connectivity index (χ1) is 9.11. The van der Waals surface area contributed by atoms with E-state index in [1.165, 1.54) is 0 Å². The fourth-order valence-corrected chi connectivity index (χ4v) is 1.21. The summed E-state index contributed by atoms with van der Waals surface area (Å²) in [6, 6.07) is -0.903. The third-order valence-electron chi connectivity index (χ3n) is 2.26. The summed E-state index contributed by atoms with van der Waals surface area (Å²) in [5, 5.41) is 12.3. The highest BCUT2D eigenvalue weighted by Gasteiger charge is 2.31. The molecule has 0 unspecified atom stereocenters. The Morgan fingerprint density at radius 2 is 1.90 bits per heavy atom. The fourth-order valence-electron chi connectivity index (χ4n) is 1.21. The van der Waals surface area contributed by atoms with Gasteiger partial charge in [0.15, 0.2) is 0 Å². The predicted octanol–water partition coefficient (Wildman–Crippen LogP) is 2.44. The van der Waals surface area contributed by atoms with Crippen LogP contribution in [0, 0.1) is 5.82 Å². The van der Waals surface area contributed by atoms with Gasteiger partial charge in [-0.3, -0.25) is 4.79 Å². The van der Waals surface area contributed by atoms with Gasteiger partial charge < -0.3 is 15.7 Å². The van der Waals surface area contributed by atoms with Crippen molar-refractivity contribution in [1.82, 2.24) is 5.32 Å². The number of hydrogen-bond donors (Lipinski definition) is 3. The van der Waals surface area contributed by atoms with E-state index in [2.05, 4.69) is 0 Å². The molecule has 0 saturated carbocycles. The number of halogens is 4. The third-order valence-corrected chi connectivity index (χ3v) is 2.26. The van der Waals surface area contributed by atoms with Gasteiger partial charge in [-0.1, -0.05) is 0 Å². The zero-order chi connectivity index (χ0) is 15.5. The lowest BCUT2D eigenvalue weighted by Gasteiger charge is -2.13. The van der Waals surface area contributed by atoms with Crippen molar-refractivity contribution in [2.75, 3.05) is 5.32 Å². The van der Waals surface area contributed by atoms with Crippen LogP contribution in [0.5, 0.6) is 0 Å². The molecule has 110 valence electrons. The minimum Gasteiger partial charge on any atom is -0.480 e. The van der Waals surface area contributed by atoms with E-state index in [0.717, 1.165) is 6.92 Å². The average molecular weight is 294 g/mol. The molecule has 0 fully saturated rings. The molecule has 1 rings (SSSR count). The number of aliphatic carboxylic acids is 1. The molecule has 0 heterocycles. The number of rotatable bonds is 3. The molecule has 2 amide bonds. The summed E-state index contributed by atoms with van der Waals surface area (Å²) in [7, 11) is 0. The number of amides is 2. The monoisotopic (exact) mass is 294 g/mol. The standard InChI is InChI=1S/C11H10F4N2O3/c1-5(9(18)19)16-10(20)17-8-4-6(11(13,14)15)2-3-7(8)12/h2-5H,1H3,(H,18,19)(H2,16,17,20)/t5-/m1/s1. The molecule has 0 spiro atoms. The van der Waals surface area contributed by atoms with Crippen LogP contribution in [0.25, 0.3) is 0 Å². The molecule has 9 heteroatoms. The smallest absolute Gasteiger partial charge is 0.416 e. The van der Waals surface area contributed by atoms with Crippen LogP contribution in [0.4, 0.5) is 28.0 Å². The van der Waals surface area contributed by atoms with Crippen molar-refractivity contribution in [3.63, 3.8) is 0 Å². The summed E-state index contributed by atoms with van der Waals surface area (Å²) in [4.78, 5) is 21.8. The van der Waals surface area contributed by atoms with Gasteiger partial charge in [0.1, 0.15) is 11.9 Å². The third kappa shape index (κ3) is 4.11. The van der Waals surface area contributed by atoms with Crippen molar-refractivity contribution < 1.29 is 32.3 Å². The number of carbonyl (C=O) groups is 2. The van der Waals surface area contributed by atoms with Crippen LogP contribution in [0.3, 0.4) is 0 Å². The van der Waals surface area contributed by atoms with Gasteiger partial charge in [-0.25, -0.2) is 9.18 Å². The molecule has 5 nitrogen and oxygen atoms in total. The second-order valence-electron chi connectivity index (χ2n) is 3.85. The van der Waals surface area contributed by atoms with E-state index >= 15 is 0 Å². The normalized spacial score (nSPS) is 12.7. The van der Waals surface area contributed by atoms with Gasteiger partial charge in [0.25, 0.3) is 0 Å². The van der Waals surface area contributed by atoms with Crippen LogP contribution in [-0.4, -0.2) is 23.1 Å². The topological polar surface area (TPSA) is 78.4 Å². The van der Waals surface area contributed by atoms with Crippen LogP contribution in [0.15, 0.2) is 18.2 Å². The molecule has 1 atom stereocenters. The molecule has 0 aliphatic heterocycles. The molecule has 1 aromatic rings. The minimum absolute atomic E-state index is 0.417. The summed E-state index contributed by atoms with van der Waals surface area (Å²) in [6.07, 6.45) is -4.69. The maximum atomic E-state index is 13.3. The number of urea groups is 1. The van der Waals surface area contributed by atoms with Crippen molar-refractivity contribution in [2.24, 2.45) is 0 Å². The number of nitrogens with one attached hydrogen (secondary N) is 2. The van der Waals surface area contributed by atoms with Crippen LogP contribution >= 0.6 is 0 Å².